The summed E-state index contributed by atoms with van der Waals surface area (Å²) >= 11 is 6.34. The number of urea groups is 1. The van der Waals surface area contributed by atoms with E-state index in [-0.39, 0.29) is 12.1 Å². The van der Waals surface area contributed by atoms with Crippen LogP contribution in [-0.4, -0.2) is 54.7 Å². The van der Waals surface area contributed by atoms with Gasteiger partial charge in [0, 0.05) is 31.2 Å². The van der Waals surface area contributed by atoms with E-state index in [1.165, 1.54) is 0 Å². The van der Waals surface area contributed by atoms with Crippen LogP contribution in [-0.2, 0) is 17.6 Å². The van der Waals surface area contributed by atoms with Crippen molar-refractivity contribution in [2.75, 3.05) is 38.1 Å². The highest BCUT2D eigenvalue weighted by Crippen LogP contribution is 2.29. The Kier molecular flexibility index (Phi) is 8.42. The first kappa shape index (κ1) is 22.3. The molecule has 0 spiro atoms. The molecule has 0 aliphatic carbocycles. The minimum atomic E-state index is -0.299. The second-order valence-corrected chi connectivity index (χ2v) is 7.90. The Morgan fingerprint density at radius 1 is 1.11 bits per heavy atom. The molecule has 0 radical (unpaired) electrons. The molecule has 28 heavy (non-hydrogen) atoms. The van der Waals surface area contributed by atoms with Gasteiger partial charge in [0.05, 0.1) is 12.3 Å². The Balaban J connectivity index is 2.03. The standard InChI is InChI=1S/C21H32ClN3O3/c1-5-16-8-9-18(22)17(6-2)19(16)23-20(26)24-10-7-11-25(13-12-24)21(27)28-14-15(3)4/h8-9,15H,5-7,10-14H2,1-4H3,(H,23,26). The number of halogens is 1. The normalized spacial score (nSPS) is 14.8. The number of rotatable bonds is 5. The van der Waals surface area contributed by atoms with Crippen molar-refractivity contribution in [1.82, 2.24) is 9.80 Å². The number of nitrogens with zero attached hydrogens (tertiary/aromatic N) is 2. The zero-order valence-corrected chi connectivity index (χ0v) is 18.1. The molecule has 1 aliphatic heterocycles. The van der Waals surface area contributed by atoms with Gasteiger partial charge in [-0.1, -0.05) is 45.4 Å². The molecule has 1 aromatic rings. The van der Waals surface area contributed by atoms with Gasteiger partial charge in [-0.3, -0.25) is 0 Å². The van der Waals surface area contributed by atoms with Crippen molar-refractivity contribution in [1.29, 1.82) is 0 Å². The van der Waals surface area contributed by atoms with Gasteiger partial charge in [-0.2, -0.15) is 0 Å². The molecule has 6 nitrogen and oxygen atoms in total. The van der Waals surface area contributed by atoms with Gasteiger partial charge in [0.15, 0.2) is 0 Å². The summed E-state index contributed by atoms with van der Waals surface area (Å²) < 4.78 is 5.32. The average Bonchev–Trinajstić information content (AvgIpc) is 2.93. The van der Waals surface area contributed by atoms with Crippen molar-refractivity contribution in [2.45, 2.75) is 47.0 Å². The van der Waals surface area contributed by atoms with E-state index in [0.717, 1.165) is 36.1 Å². The molecule has 156 valence electrons. The van der Waals surface area contributed by atoms with Crippen molar-refractivity contribution in [3.8, 4) is 0 Å². The summed E-state index contributed by atoms with van der Waals surface area (Å²) in [4.78, 5) is 28.5. The number of nitrogens with one attached hydrogen (secondary N) is 1. The van der Waals surface area contributed by atoms with Gasteiger partial charge in [-0.15, -0.1) is 0 Å². The average molecular weight is 410 g/mol. The zero-order chi connectivity index (χ0) is 20.7. The number of benzene rings is 1. The van der Waals surface area contributed by atoms with Crippen LogP contribution in [0.5, 0.6) is 0 Å². The summed E-state index contributed by atoms with van der Waals surface area (Å²) in [5.41, 5.74) is 2.85. The number of hydrogen-bond donors (Lipinski definition) is 1. The van der Waals surface area contributed by atoms with Crippen molar-refractivity contribution >= 4 is 29.4 Å². The number of ether oxygens (including phenoxy) is 1. The maximum Gasteiger partial charge on any atom is 0.409 e. The van der Waals surface area contributed by atoms with Crippen molar-refractivity contribution in [3.63, 3.8) is 0 Å². The number of hydrogen-bond acceptors (Lipinski definition) is 3. The van der Waals surface area contributed by atoms with Gasteiger partial charge >= 0.3 is 12.1 Å². The predicted molar refractivity (Wildman–Crippen MR) is 113 cm³/mol. The summed E-state index contributed by atoms with van der Waals surface area (Å²) in [5, 5.41) is 3.74. The van der Waals surface area contributed by atoms with Crippen LogP contribution in [0.15, 0.2) is 12.1 Å². The number of amides is 3. The first-order valence-electron chi connectivity index (χ1n) is 10.1. The molecular formula is C21H32ClN3O3. The lowest BCUT2D eigenvalue weighted by Crippen LogP contribution is -2.39. The van der Waals surface area contributed by atoms with Crippen LogP contribution in [0, 0.1) is 5.92 Å². The Morgan fingerprint density at radius 3 is 2.43 bits per heavy atom. The molecule has 7 heteroatoms. The van der Waals surface area contributed by atoms with E-state index in [4.69, 9.17) is 16.3 Å². The molecule has 1 heterocycles. The van der Waals surface area contributed by atoms with Crippen molar-refractivity contribution < 1.29 is 14.3 Å². The van der Waals surface area contributed by atoms with Gasteiger partial charge in [0.1, 0.15) is 0 Å². The van der Waals surface area contributed by atoms with E-state index in [1.807, 2.05) is 32.9 Å². The second kappa shape index (κ2) is 10.6. The highest BCUT2D eigenvalue weighted by Gasteiger charge is 2.24. The lowest BCUT2D eigenvalue weighted by atomic mass is 10.0. The largest absolute Gasteiger partial charge is 0.449 e. The second-order valence-electron chi connectivity index (χ2n) is 7.50. The molecule has 3 amide bonds. The Labute approximate surface area is 173 Å². The van der Waals surface area contributed by atoms with Crippen LogP contribution >= 0.6 is 11.6 Å². The summed E-state index contributed by atoms with van der Waals surface area (Å²) in [6.07, 6.45) is 1.99. The van der Waals surface area contributed by atoms with Crippen LogP contribution < -0.4 is 5.32 Å². The summed E-state index contributed by atoms with van der Waals surface area (Å²) in [5.74, 6) is 0.302. The van der Waals surface area contributed by atoms with E-state index in [9.17, 15) is 9.59 Å². The van der Waals surface area contributed by atoms with E-state index >= 15 is 0 Å². The maximum absolute atomic E-state index is 12.9. The smallest absolute Gasteiger partial charge is 0.409 e. The molecule has 1 saturated heterocycles. The third-order valence-corrected chi connectivity index (χ3v) is 5.24. The minimum Gasteiger partial charge on any atom is -0.449 e. The fourth-order valence-electron chi connectivity index (χ4n) is 3.29. The van der Waals surface area contributed by atoms with Gasteiger partial charge < -0.3 is 19.9 Å². The molecule has 1 aromatic carbocycles. The molecule has 0 atom stereocenters. The van der Waals surface area contributed by atoms with Crippen LogP contribution in [0.2, 0.25) is 5.02 Å². The number of aryl methyl sites for hydroxylation is 1. The summed E-state index contributed by atoms with van der Waals surface area (Å²) in [7, 11) is 0. The quantitative estimate of drug-likeness (QED) is 0.759. The summed E-state index contributed by atoms with van der Waals surface area (Å²) in [6.45, 7) is 10.7. The fourth-order valence-corrected chi connectivity index (χ4v) is 3.58. The highest BCUT2D eigenvalue weighted by atomic mass is 35.5. The molecule has 1 fully saturated rings. The van der Waals surface area contributed by atoms with Gasteiger partial charge in [-0.05, 0) is 42.4 Å². The monoisotopic (exact) mass is 409 g/mol. The Bertz CT molecular complexity index is 694. The van der Waals surface area contributed by atoms with Crippen molar-refractivity contribution in [3.05, 3.63) is 28.3 Å². The lowest BCUT2D eigenvalue weighted by Gasteiger charge is -2.24. The maximum atomic E-state index is 12.9. The zero-order valence-electron chi connectivity index (χ0n) is 17.4. The first-order valence-corrected chi connectivity index (χ1v) is 10.5. The Hall–Kier alpha value is -1.95. The van der Waals surface area contributed by atoms with Gasteiger partial charge in [0.25, 0.3) is 0 Å². The van der Waals surface area contributed by atoms with Crippen LogP contribution in [0.3, 0.4) is 0 Å². The van der Waals surface area contributed by atoms with Crippen LogP contribution in [0.1, 0.15) is 45.2 Å². The van der Waals surface area contributed by atoms with Gasteiger partial charge in [0.2, 0.25) is 0 Å². The Morgan fingerprint density at radius 2 is 1.79 bits per heavy atom. The van der Waals surface area contributed by atoms with E-state index in [2.05, 4.69) is 12.2 Å². The van der Waals surface area contributed by atoms with E-state index in [0.29, 0.717) is 43.7 Å². The summed E-state index contributed by atoms with van der Waals surface area (Å²) in [6, 6.07) is 3.71. The van der Waals surface area contributed by atoms with Gasteiger partial charge in [-0.25, -0.2) is 9.59 Å². The topological polar surface area (TPSA) is 61.9 Å². The SMILES string of the molecule is CCc1ccc(Cl)c(CC)c1NC(=O)N1CCCN(C(=O)OCC(C)C)CC1. The highest BCUT2D eigenvalue weighted by molar-refractivity contribution is 6.32. The lowest BCUT2D eigenvalue weighted by molar-refractivity contribution is 0.0934. The molecule has 2 rings (SSSR count). The molecular weight excluding hydrogens is 378 g/mol. The molecule has 0 aromatic heterocycles. The number of carbonyl (C=O) groups excluding carboxylic acids is 2. The fraction of sp³-hybridized carbons (Fsp3) is 0.619. The number of carbonyl (C=O) groups is 2. The number of anilines is 1. The third-order valence-electron chi connectivity index (χ3n) is 4.89. The molecule has 1 N–H and O–H groups in total. The molecule has 0 unspecified atom stereocenters. The van der Waals surface area contributed by atoms with Crippen LogP contribution in [0.25, 0.3) is 0 Å². The molecule has 0 bridgehead atoms. The first-order chi connectivity index (χ1) is 13.4. The van der Waals surface area contributed by atoms with Crippen molar-refractivity contribution in [2.24, 2.45) is 5.92 Å². The van der Waals surface area contributed by atoms with E-state index in [1.54, 1.807) is 9.80 Å². The molecule has 1 aliphatic rings. The predicted octanol–water partition coefficient (Wildman–Crippen LogP) is 4.80. The minimum absolute atomic E-state index is 0.149. The van der Waals surface area contributed by atoms with Crippen LogP contribution in [0.4, 0.5) is 15.3 Å². The van der Waals surface area contributed by atoms with E-state index < -0.39 is 0 Å². The third kappa shape index (κ3) is 5.77. The molecule has 0 saturated carbocycles.